The summed E-state index contributed by atoms with van der Waals surface area (Å²) in [5.41, 5.74) is 3.12. The number of carbonyl (C=O) groups excluding carboxylic acids is 2. The molecule has 2 aromatic carbocycles. The lowest BCUT2D eigenvalue weighted by Crippen LogP contribution is -2.15. The van der Waals surface area contributed by atoms with Crippen molar-refractivity contribution in [3.8, 4) is 0 Å². The third-order valence-corrected chi connectivity index (χ3v) is 5.07. The largest absolute Gasteiger partial charge is 0.466 e. The maximum absolute atomic E-state index is 13.4. The number of aliphatic imine (C=N–C) groups is 1. The van der Waals surface area contributed by atoms with Gasteiger partial charge in [0.05, 0.1) is 35.2 Å². The highest BCUT2D eigenvalue weighted by Gasteiger charge is 2.15. The van der Waals surface area contributed by atoms with E-state index < -0.39 is 0 Å². The Morgan fingerprint density at radius 3 is 2.80 bits per heavy atom. The van der Waals surface area contributed by atoms with E-state index in [1.165, 1.54) is 23.9 Å². The Morgan fingerprint density at radius 1 is 1.23 bits per heavy atom. The maximum atomic E-state index is 13.4. The van der Waals surface area contributed by atoms with Gasteiger partial charge in [-0.3, -0.25) is 9.59 Å². The highest BCUT2D eigenvalue weighted by Crippen LogP contribution is 2.31. The first-order chi connectivity index (χ1) is 14.4. The van der Waals surface area contributed by atoms with Crippen molar-refractivity contribution in [3.05, 3.63) is 65.6 Å². The molecule has 3 rings (SSSR count). The van der Waals surface area contributed by atoms with Crippen molar-refractivity contribution in [2.24, 2.45) is 4.99 Å². The Kier molecular flexibility index (Phi) is 7.24. The second-order valence-corrected chi connectivity index (χ2v) is 7.54. The van der Waals surface area contributed by atoms with E-state index in [1.54, 1.807) is 26.0 Å². The van der Waals surface area contributed by atoms with Crippen LogP contribution in [0.5, 0.6) is 0 Å². The molecule has 1 aliphatic heterocycles. The summed E-state index contributed by atoms with van der Waals surface area (Å²) < 4.78 is 18.4. The molecule has 0 bridgehead atoms. The number of rotatable bonds is 6. The number of nitrogens with one attached hydrogen (secondary N) is 2. The highest BCUT2D eigenvalue weighted by molar-refractivity contribution is 8.14. The molecule has 30 heavy (non-hydrogen) atoms. The quantitative estimate of drug-likeness (QED) is 0.648. The average molecular weight is 428 g/mol. The smallest absolute Gasteiger partial charge is 0.311 e. The van der Waals surface area contributed by atoms with E-state index in [1.807, 2.05) is 24.3 Å². The monoisotopic (exact) mass is 427 g/mol. The molecule has 6 nitrogen and oxygen atoms in total. The van der Waals surface area contributed by atoms with Crippen molar-refractivity contribution < 1.29 is 18.7 Å². The third kappa shape index (κ3) is 5.93. The number of para-hydroxylation sites is 2. The van der Waals surface area contributed by atoms with E-state index in [0.717, 1.165) is 5.69 Å². The number of fused-ring (bicyclic) bond motifs is 1. The van der Waals surface area contributed by atoms with E-state index in [0.29, 0.717) is 34.3 Å². The van der Waals surface area contributed by atoms with Crippen LogP contribution in [0.1, 0.15) is 18.9 Å². The fourth-order valence-electron chi connectivity index (χ4n) is 2.78. The summed E-state index contributed by atoms with van der Waals surface area (Å²) in [7, 11) is 0. The second kappa shape index (κ2) is 10.1. The molecule has 1 aliphatic rings. The first-order valence-electron chi connectivity index (χ1n) is 9.44. The number of anilines is 2. The average Bonchev–Trinajstić information content (AvgIpc) is 2.88. The predicted octanol–water partition coefficient (Wildman–Crippen LogP) is 4.80. The van der Waals surface area contributed by atoms with Crippen LogP contribution in [0.15, 0.2) is 59.2 Å². The topological polar surface area (TPSA) is 79.8 Å². The van der Waals surface area contributed by atoms with Crippen LogP contribution in [-0.2, 0) is 14.3 Å². The number of esters is 1. The Hall–Kier alpha value is -3.13. The molecule has 1 heterocycles. The lowest BCUT2D eigenvalue weighted by molar-refractivity contribution is -0.142. The second-order valence-electron chi connectivity index (χ2n) is 6.54. The van der Waals surface area contributed by atoms with Crippen molar-refractivity contribution in [1.29, 1.82) is 0 Å². The molecule has 0 aromatic heterocycles. The van der Waals surface area contributed by atoms with E-state index >= 15 is 0 Å². The first-order valence-corrected chi connectivity index (χ1v) is 10.4. The minimum absolute atomic E-state index is 0.0722. The van der Waals surface area contributed by atoms with E-state index in [4.69, 9.17) is 4.74 Å². The van der Waals surface area contributed by atoms with Crippen LogP contribution in [0.3, 0.4) is 0 Å². The van der Waals surface area contributed by atoms with Crippen LogP contribution in [0.25, 0.3) is 0 Å². The Labute approximate surface area is 178 Å². The van der Waals surface area contributed by atoms with Crippen molar-refractivity contribution in [3.63, 3.8) is 0 Å². The summed E-state index contributed by atoms with van der Waals surface area (Å²) in [6, 6.07) is 11.9. The summed E-state index contributed by atoms with van der Waals surface area (Å²) in [4.78, 5) is 28.9. The molecule has 0 atom stereocenters. The zero-order valence-electron chi connectivity index (χ0n) is 16.7. The minimum Gasteiger partial charge on any atom is -0.466 e. The molecule has 0 radical (unpaired) electrons. The van der Waals surface area contributed by atoms with Gasteiger partial charge >= 0.3 is 5.97 Å². The van der Waals surface area contributed by atoms with E-state index in [9.17, 15) is 14.0 Å². The Bertz CT molecular complexity index is 1020. The van der Waals surface area contributed by atoms with Gasteiger partial charge in [0.15, 0.2) is 0 Å². The van der Waals surface area contributed by atoms with Crippen LogP contribution in [0.4, 0.5) is 21.5 Å². The van der Waals surface area contributed by atoms with Gasteiger partial charge in [0.1, 0.15) is 5.82 Å². The van der Waals surface area contributed by atoms with Gasteiger partial charge in [0.25, 0.3) is 0 Å². The van der Waals surface area contributed by atoms with Crippen LogP contribution < -0.4 is 10.6 Å². The summed E-state index contributed by atoms with van der Waals surface area (Å²) in [6.07, 6.45) is 1.82. The zero-order chi connectivity index (χ0) is 21.5. The molecule has 0 unspecified atom stereocenters. The van der Waals surface area contributed by atoms with Gasteiger partial charge in [-0.05, 0) is 55.8 Å². The normalized spacial score (nSPS) is 12.6. The number of carbonyl (C=O) groups is 2. The third-order valence-electron chi connectivity index (χ3n) is 4.16. The van der Waals surface area contributed by atoms with Gasteiger partial charge in [0, 0.05) is 11.4 Å². The highest BCUT2D eigenvalue weighted by atomic mass is 32.2. The van der Waals surface area contributed by atoms with Gasteiger partial charge in [0.2, 0.25) is 5.91 Å². The minimum atomic E-state index is -0.343. The molecule has 156 valence electrons. The van der Waals surface area contributed by atoms with Crippen LogP contribution in [0, 0.1) is 12.7 Å². The number of thioether (sulfide) groups is 1. The molecule has 0 saturated heterocycles. The van der Waals surface area contributed by atoms with Crippen molar-refractivity contribution in [2.75, 3.05) is 23.0 Å². The number of nitrogens with zero attached hydrogens (tertiary/aromatic N) is 1. The molecule has 0 spiro atoms. The molecule has 0 fully saturated rings. The molecule has 2 aromatic rings. The lowest BCUT2D eigenvalue weighted by atomic mass is 10.2. The number of benzene rings is 2. The number of amides is 1. The Morgan fingerprint density at radius 2 is 2.03 bits per heavy atom. The molecule has 0 aliphatic carbocycles. The standard InChI is InChI=1S/C22H22FN3O3S/c1-3-29-22(28)12-16-11-21(26-19-7-5-4-6-18(19)24-16)30-13-20(27)25-15-8-9-17(23)14(2)10-15/h4-11,24H,3,12-13H2,1-2H3,(H,25,27). The molecule has 2 N–H and O–H groups in total. The summed E-state index contributed by atoms with van der Waals surface area (Å²) in [6.45, 7) is 3.70. The number of halogens is 1. The SMILES string of the molecule is CCOC(=O)CC1=CC(SCC(=O)Nc2ccc(F)c(C)c2)=Nc2ccccc2N1. The number of hydrogen-bond acceptors (Lipinski definition) is 6. The summed E-state index contributed by atoms with van der Waals surface area (Å²) in [5.74, 6) is -0.787. The molecule has 1 amide bonds. The zero-order valence-corrected chi connectivity index (χ0v) is 17.5. The van der Waals surface area contributed by atoms with Crippen molar-refractivity contribution in [2.45, 2.75) is 20.3 Å². The van der Waals surface area contributed by atoms with Gasteiger partial charge in [-0.25, -0.2) is 9.38 Å². The number of hydrogen-bond donors (Lipinski definition) is 2. The summed E-state index contributed by atoms with van der Waals surface area (Å²) >= 11 is 1.25. The van der Waals surface area contributed by atoms with Gasteiger partial charge in [-0.1, -0.05) is 23.9 Å². The molecular weight excluding hydrogens is 405 g/mol. The number of aryl methyl sites for hydroxylation is 1. The van der Waals surface area contributed by atoms with Gasteiger partial charge in [-0.15, -0.1) is 0 Å². The number of ether oxygens (including phenoxy) is 1. The summed E-state index contributed by atoms with van der Waals surface area (Å²) in [5, 5.41) is 6.56. The van der Waals surface area contributed by atoms with Crippen molar-refractivity contribution in [1.82, 2.24) is 0 Å². The van der Waals surface area contributed by atoms with Crippen LogP contribution in [-0.4, -0.2) is 29.3 Å². The molecular formula is C22H22FN3O3S. The van der Waals surface area contributed by atoms with E-state index in [-0.39, 0.29) is 29.9 Å². The fraction of sp³-hybridized carbons (Fsp3) is 0.227. The first kappa shape index (κ1) is 21.6. The van der Waals surface area contributed by atoms with E-state index in [2.05, 4.69) is 15.6 Å². The van der Waals surface area contributed by atoms with Gasteiger partial charge < -0.3 is 15.4 Å². The van der Waals surface area contributed by atoms with Crippen molar-refractivity contribution >= 4 is 45.7 Å². The predicted molar refractivity (Wildman–Crippen MR) is 119 cm³/mol. The lowest BCUT2D eigenvalue weighted by Gasteiger charge is -2.10. The van der Waals surface area contributed by atoms with Gasteiger partial charge in [-0.2, -0.15) is 0 Å². The molecule has 0 saturated carbocycles. The maximum Gasteiger partial charge on any atom is 0.311 e. The Balaban J connectivity index is 1.71. The van der Waals surface area contributed by atoms with Crippen LogP contribution >= 0.6 is 11.8 Å². The molecule has 8 heteroatoms. The fourth-order valence-corrected chi connectivity index (χ4v) is 3.52. The van der Waals surface area contributed by atoms with Crippen LogP contribution in [0.2, 0.25) is 0 Å².